The maximum Gasteiger partial charge on any atom is 0.0431 e. The van der Waals surface area contributed by atoms with E-state index in [0.717, 1.165) is 39.0 Å². The molecule has 3 N–H and O–H groups in total. The van der Waals surface area contributed by atoms with Crippen LogP contribution in [-0.4, -0.2) is 37.9 Å². The van der Waals surface area contributed by atoms with Crippen LogP contribution in [0, 0.1) is 0 Å². The van der Waals surface area contributed by atoms with Crippen molar-refractivity contribution in [3.63, 3.8) is 0 Å². The summed E-state index contributed by atoms with van der Waals surface area (Å²) >= 11 is 0. The Morgan fingerprint density at radius 2 is 1.73 bits per heavy atom. The quantitative estimate of drug-likeness (QED) is 0.436. The zero-order valence-corrected chi connectivity index (χ0v) is 7.40. The fourth-order valence-corrected chi connectivity index (χ4v) is 0.840. The van der Waals surface area contributed by atoms with Gasteiger partial charge in [0, 0.05) is 19.7 Å². The van der Waals surface area contributed by atoms with Crippen molar-refractivity contribution in [3.05, 3.63) is 0 Å². The molecule has 0 bridgehead atoms. The minimum absolute atomic E-state index is 0.314. The third kappa shape index (κ3) is 9.88. The van der Waals surface area contributed by atoms with E-state index < -0.39 is 0 Å². The van der Waals surface area contributed by atoms with E-state index in [4.69, 9.17) is 5.11 Å². The van der Waals surface area contributed by atoms with Crippen LogP contribution in [0.3, 0.4) is 0 Å². The second kappa shape index (κ2) is 9.88. The summed E-state index contributed by atoms with van der Waals surface area (Å²) in [7, 11) is 0. The number of hydrogen-bond donors (Lipinski definition) is 3. The molecule has 0 rings (SSSR count). The summed E-state index contributed by atoms with van der Waals surface area (Å²) in [6.45, 7) is 6.54. The van der Waals surface area contributed by atoms with Gasteiger partial charge in [-0.2, -0.15) is 0 Å². The summed E-state index contributed by atoms with van der Waals surface area (Å²) in [5, 5.41) is 15.0. The minimum atomic E-state index is 0.314. The molecule has 0 atom stereocenters. The molecule has 0 aliphatic rings. The molecule has 0 spiro atoms. The normalized spacial score (nSPS) is 10.4. The van der Waals surface area contributed by atoms with Crippen molar-refractivity contribution in [2.45, 2.75) is 19.8 Å². The highest BCUT2D eigenvalue weighted by Gasteiger charge is 1.86. The summed E-state index contributed by atoms with van der Waals surface area (Å²) in [5.41, 5.74) is 0. The molecule has 0 saturated heterocycles. The van der Waals surface area contributed by atoms with Crippen LogP contribution in [0.25, 0.3) is 0 Å². The van der Waals surface area contributed by atoms with Crippen LogP contribution >= 0.6 is 0 Å². The van der Waals surface area contributed by atoms with Crippen LogP contribution in [0.5, 0.6) is 0 Å². The van der Waals surface area contributed by atoms with E-state index in [1.165, 1.54) is 0 Å². The van der Waals surface area contributed by atoms with Crippen LogP contribution in [-0.2, 0) is 0 Å². The van der Waals surface area contributed by atoms with Gasteiger partial charge >= 0.3 is 0 Å². The smallest absolute Gasteiger partial charge is 0.0431 e. The van der Waals surface area contributed by atoms with Crippen molar-refractivity contribution in [2.24, 2.45) is 0 Å². The SMILES string of the molecule is CCNCCNCCCCO. The molecule has 0 unspecified atom stereocenters. The van der Waals surface area contributed by atoms with E-state index in [0.29, 0.717) is 6.61 Å². The van der Waals surface area contributed by atoms with Gasteiger partial charge in [0.25, 0.3) is 0 Å². The van der Waals surface area contributed by atoms with E-state index in [1.807, 2.05) is 0 Å². The van der Waals surface area contributed by atoms with Crippen molar-refractivity contribution in [1.29, 1.82) is 0 Å². The molecule has 0 aliphatic heterocycles. The second-order valence-electron chi connectivity index (χ2n) is 2.53. The molecule has 0 aliphatic carbocycles. The van der Waals surface area contributed by atoms with Crippen molar-refractivity contribution in [3.8, 4) is 0 Å². The van der Waals surface area contributed by atoms with E-state index in [9.17, 15) is 0 Å². The van der Waals surface area contributed by atoms with Crippen LogP contribution in [0.1, 0.15) is 19.8 Å². The number of hydrogen-bond acceptors (Lipinski definition) is 3. The first-order chi connectivity index (χ1) is 5.41. The Morgan fingerprint density at radius 1 is 1.00 bits per heavy atom. The Labute approximate surface area is 69.2 Å². The third-order valence-corrected chi connectivity index (χ3v) is 1.49. The van der Waals surface area contributed by atoms with Gasteiger partial charge in [0.05, 0.1) is 0 Å². The lowest BCUT2D eigenvalue weighted by Gasteiger charge is -2.03. The predicted molar refractivity (Wildman–Crippen MR) is 47.7 cm³/mol. The van der Waals surface area contributed by atoms with Crippen molar-refractivity contribution in [1.82, 2.24) is 10.6 Å². The monoisotopic (exact) mass is 160 g/mol. The minimum Gasteiger partial charge on any atom is -0.396 e. The molecule has 0 aromatic rings. The maximum absolute atomic E-state index is 8.47. The summed E-state index contributed by atoms with van der Waals surface area (Å²) < 4.78 is 0. The Bertz CT molecular complexity index is 61.1. The molecule has 0 amide bonds. The summed E-state index contributed by atoms with van der Waals surface area (Å²) in [6, 6.07) is 0. The fraction of sp³-hybridized carbons (Fsp3) is 1.00. The van der Waals surface area contributed by atoms with Gasteiger partial charge in [0.1, 0.15) is 0 Å². The molecule has 0 saturated carbocycles. The van der Waals surface area contributed by atoms with Crippen molar-refractivity contribution < 1.29 is 5.11 Å². The average Bonchev–Trinajstić information content (AvgIpc) is 2.03. The van der Waals surface area contributed by atoms with Gasteiger partial charge in [-0.15, -0.1) is 0 Å². The van der Waals surface area contributed by atoms with Crippen LogP contribution < -0.4 is 10.6 Å². The topological polar surface area (TPSA) is 44.3 Å². The van der Waals surface area contributed by atoms with Gasteiger partial charge in [-0.3, -0.25) is 0 Å². The van der Waals surface area contributed by atoms with Gasteiger partial charge < -0.3 is 15.7 Å². The Kier molecular flexibility index (Phi) is 9.77. The van der Waals surface area contributed by atoms with Crippen molar-refractivity contribution in [2.75, 3.05) is 32.8 Å². The van der Waals surface area contributed by atoms with Crippen LogP contribution in [0.4, 0.5) is 0 Å². The first-order valence-electron chi connectivity index (χ1n) is 4.44. The van der Waals surface area contributed by atoms with E-state index in [1.54, 1.807) is 0 Å². The number of nitrogens with one attached hydrogen (secondary N) is 2. The zero-order valence-electron chi connectivity index (χ0n) is 7.40. The Hall–Kier alpha value is -0.120. The molecule has 0 aromatic heterocycles. The number of aliphatic hydroxyl groups is 1. The maximum atomic E-state index is 8.47. The summed E-state index contributed by atoms with van der Waals surface area (Å²) in [4.78, 5) is 0. The number of likely N-dealkylation sites (N-methyl/N-ethyl adjacent to an activating group) is 1. The Balaban J connectivity index is 2.69. The number of unbranched alkanes of at least 4 members (excludes halogenated alkanes) is 1. The molecule has 0 fully saturated rings. The Morgan fingerprint density at radius 3 is 2.36 bits per heavy atom. The number of rotatable bonds is 8. The highest BCUT2D eigenvalue weighted by atomic mass is 16.2. The van der Waals surface area contributed by atoms with Gasteiger partial charge in [0.15, 0.2) is 0 Å². The zero-order chi connectivity index (χ0) is 8.36. The molecule has 0 aromatic carbocycles. The van der Waals surface area contributed by atoms with Crippen molar-refractivity contribution >= 4 is 0 Å². The van der Waals surface area contributed by atoms with Gasteiger partial charge in [-0.25, -0.2) is 0 Å². The van der Waals surface area contributed by atoms with E-state index in [2.05, 4.69) is 17.6 Å². The number of aliphatic hydroxyl groups excluding tert-OH is 1. The summed E-state index contributed by atoms with van der Waals surface area (Å²) in [5.74, 6) is 0. The average molecular weight is 160 g/mol. The fourth-order valence-electron chi connectivity index (χ4n) is 0.840. The van der Waals surface area contributed by atoms with Gasteiger partial charge in [-0.1, -0.05) is 6.92 Å². The standard InChI is InChI=1S/C8H20N2O/c1-2-9-6-7-10-5-3-4-8-11/h9-11H,2-8H2,1H3. The summed E-state index contributed by atoms with van der Waals surface area (Å²) in [6.07, 6.45) is 1.98. The van der Waals surface area contributed by atoms with Gasteiger partial charge in [0.2, 0.25) is 0 Å². The lowest BCUT2D eigenvalue weighted by molar-refractivity contribution is 0.284. The molecule has 0 radical (unpaired) electrons. The van der Waals surface area contributed by atoms with E-state index in [-0.39, 0.29) is 0 Å². The molecule has 3 heteroatoms. The highest BCUT2D eigenvalue weighted by Crippen LogP contribution is 1.82. The molecule has 3 nitrogen and oxygen atoms in total. The predicted octanol–water partition coefficient (Wildman–Crippen LogP) is -0.0420. The largest absolute Gasteiger partial charge is 0.396 e. The lowest BCUT2D eigenvalue weighted by atomic mass is 10.3. The second-order valence-corrected chi connectivity index (χ2v) is 2.53. The molecular weight excluding hydrogens is 140 g/mol. The van der Waals surface area contributed by atoms with Crippen LogP contribution in [0.2, 0.25) is 0 Å². The molecular formula is C8H20N2O. The first-order valence-corrected chi connectivity index (χ1v) is 4.44. The highest BCUT2D eigenvalue weighted by molar-refractivity contribution is 4.50. The molecule has 11 heavy (non-hydrogen) atoms. The van der Waals surface area contributed by atoms with Gasteiger partial charge in [-0.05, 0) is 25.9 Å². The molecule has 0 heterocycles. The molecule has 68 valence electrons. The third-order valence-electron chi connectivity index (χ3n) is 1.49. The van der Waals surface area contributed by atoms with Crippen LogP contribution in [0.15, 0.2) is 0 Å². The van der Waals surface area contributed by atoms with E-state index >= 15 is 0 Å². The first kappa shape index (κ1) is 10.9. The lowest BCUT2D eigenvalue weighted by Crippen LogP contribution is -2.27.